The minimum absolute atomic E-state index is 0.125. The summed E-state index contributed by atoms with van der Waals surface area (Å²) in [5.41, 5.74) is 3.77. The van der Waals surface area contributed by atoms with Gasteiger partial charge < -0.3 is 9.47 Å². The molecule has 0 fully saturated rings. The van der Waals surface area contributed by atoms with Crippen molar-refractivity contribution >= 4 is 41.0 Å². The molecule has 0 aromatic heterocycles. The van der Waals surface area contributed by atoms with Gasteiger partial charge in [-0.1, -0.05) is 35.3 Å². The van der Waals surface area contributed by atoms with Crippen LogP contribution in [0, 0.1) is 10.1 Å². The Hall–Kier alpha value is -3.62. The summed E-state index contributed by atoms with van der Waals surface area (Å²) in [6.45, 7) is 0.264. The van der Waals surface area contributed by atoms with E-state index in [0.29, 0.717) is 27.1 Å². The molecule has 32 heavy (non-hydrogen) atoms. The van der Waals surface area contributed by atoms with Gasteiger partial charge in [-0.05, 0) is 47.5 Å². The molecule has 0 aliphatic rings. The second-order valence-corrected chi connectivity index (χ2v) is 7.27. The predicted molar refractivity (Wildman–Crippen MR) is 122 cm³/mol. The number of methoxy groups -OCH3 is 1. The first-order valence-electron chi connectivity index (χ1n) is 9.20. The lowest BCUT2D eigenvalue weighted by molar-refractivity contribution is -0.384. The minimum atomic E-state index is -0.572. The number of halogens is 2. The fourth-order valence-corrected chi connectivity index (χ4v) is 2.99. The largest absolute Gasteiger partial charge is 0.493 e. The van der Waals surface area contributed by atoms with Crippen LogP contribution in [0.4, 0.5) is 5.69 Å². The number of hydrogen-bond acceptors (Lipinski definition) is 6. The summed E-state index contributed by atoms with van der Waals surface area (Å²) in [5.74, 6) is 0.411. The van der Waals surface area contributed by atoms with E-state index >= 15 is 0 Å². The Labute approximate surface area is 193 Å². The number of hydrogen-bond donors (Lipinski definition) is 1. The van der Waals surface area contributed by atoms with Gasteiger partial charge in [0.25, 0.3) is 11.6 Å². The Morgan fingerprint density at radius 2 is 1.91 bits per heavy atom. The second kappa shape index (κ2) is 10.6. The lowest BCUT2D eigenvalue weighted by Crippen LogP contribution is -2.17. The maximum atomic E-state index is 12.1. The Kier molecular flexibility index (Phi) is 7.64. The number of rotatable bonds is 8. The Morgan fingerprint density at radius 3 is 2.62 bits per heavy atom. The molecule has 3 aromatic carbocycles. The molecule has 0 spiro atoms. The van der Waals surface area contributed by atoms with E-state index < -0.39 is 10.8 Å². The number of carbonyl (C=O) groups is 1. The number of nitrogens with one attached hydrogen (secondary N) is 1. The van der Waals surface area contributed by atoms with E-state index in [-0.39, 0.29) is 17.9 Å². The van der Waals surface area contributed by atoms with Crippen LogP contribution in [0.2, 0.25) is 10.0 Å². The lowest BCUT2D eigenvalue weighted by Gasteiger charge is -2.11. The van der Waals surface area contributed by atoms with Crippen LogP contribution in [0.1, 0.15) is 21.5 Å². The van der Waals surface area contributed by atoms with Crippen LogP contribution in [-0.4, -0.2) is 24.2 Å². The second-order valence-electron chi connectivity index (χ2n) is 6.45. The molecule has 0 unspecified atom stereocenters. The highest BCUT2D eigenvalue weighted by Crippen LogP contribution is 2.29. The zero-order valence-corrected chi connectivity index (χ0v) is 18.3. The van der Waals surface area contributed by atoms with E-state index in [4.69, 9.17) is 32.7 Å². The van der Waals surface area contributed by atoms with Crippen LogP contribution in [-0.2, 0) is 6.61 Å². The van der Waals surface area contributed by atoms with Gasteiger partial charge in [-0.3, -0.25) is 14.9 Å². The molecule has 10 heteroatoms. The van der Waals surface area contributed by atoms with Gasteiger partial charge in [0.2, 0.25) is 0 Å². The quantitative estimate of drug-likeness (QED) is 0.273. The standard InChI is InChI=1S/C22H17Cl2N3O5/c1-31-21-10-14(6-8-20(21)32-13-15-5-7-18(23)19(24)9-15)12-25-26-22(28)16-3-2-4-17(11-16)27(29)30/h2-12H,13H2,1H3,(H,26,28)/b25-12-. The van der Waals surface area contributed by atoms with Gasteiger partial charge in [-0.2, -0.15) is 5.10 Å². The third kappa shape index (κ3) is 5.96. The molecular formula is C22H17Cl2N3O5. The first-order chi connectivity index (χ1) is 15.4. The summed E-state index contributed by atoms with van der Waals surface area (Å²) in [7, 11) is 1.51. The summed E-state index contributed by atoms with van der Waals surface area (Å²) in [5, 5.41) is 15.6. The third-order valence-electron chi connectivity index (χ3n) is 4.26. The number of nitro groups is 1. The van der Waals surface area contributed by atoms with Crippen molar-refractivity contribution in [2.75, 3.05) is 7.11 Å². The van der Waals surface area contributed by atoms with Gasteiger partial charge in [0, 0.05) is 17.7 Å². The molecule has 0 saturated heterocycles. The average molecular weight is 474 g/mol. The molecule has 1 amide bonds. The van der Waals surface area contributed by atoms with E-state index in [1.165, 1.54) is 37.6 Å². The number of carbonyl (C=O) groups excluding carboxylic acids is 1. The molecule has 0 aliphatic carbocycles. The summed E-state index contributed by atoms with van der Waals surface area (Å²) in [4.78, 5) is 22.4. The molecule has 0 radical (unpaired) electrons. The molecule has 0 heterocycles. The van der Waals surface area contributed by atoms with Gasteiger partial charge >= 0.3 is 0 Å². The summed E-state index contributed by atoms with van der Waals surface area (Å²) in [6, 6.07) is 15.7. The van der Waals surface area contributed by atoms with Crippen LogP contribution < -0.4 is 14.9 Å². The van der Waals surface area contributed by atoms with Crippen molar-refractivity contribution in [3.8, 4) is 11.5 Å². The van der Waals surface area contributed by atoms with Gasteiger partial charge in [-0.15, -0.1) is 0 Å². The van der Waals surface area contributed by atoms with Crippen LogP contribution >= 0.6 is 23.2 Å². The average Bonchev–Trinajstić information content (AvgIpc) is 2.80. The highest BCUT2D eigenvalue weighted by Gasteiger charge is 2.11. The van der Waals surface area contributed by atoms with Gasteiger partial charge in [0.1, 0.15) is 6.61 Å². The van der Waals surface area contributed by atoms with Crippen molar-refractivity contribution in [2.45, 2.75) is 6.61 Å². The number of hydrazone groups is 1. The van der Waals surface area contributed by atoms with E-state index in [0.717, 1.165) is 5.56 Å². The van der Waals surface area contributed by atoms with Crippen LogP contribution in [0.3, 0.4) is 0 Å². The van der Waals surface area contributed by atoms with Crippen LogP contribution in [0.25, 0.3) is 0 Å². The highest BCUT2D eigenvalue weighted by molar-refractivity contribution is 6.42. The maximum absolute atomic E-state index is 12.1. The Morgan fingerprint density at radius 1 is 1.09 bits per heavy atom. The maximum Gasteiger partial charge on any atom is 0.271 e. The minimum Gasteiger partial charge on any atom is -0.493 e. The first-order valence-corrected chi connectivity index (χ1v) is 9.95. The van der Waals surface area contributed by atoms with Crippen LogP contribution in [0.5, 0.6) is 11.5 Å². The van der Waals surface area contributed by atoms with Crippen molar-refractivity contribution < 1.29 is 19.2 Å². The normalized spacial score (nSPS) is 10.7. The molecule has 8 nitrogen and oxygen atoms in total. The van der Waals surface area contributed by atoms with Crippen molar-refractivity contribution in [1.29, 1.82) is 0 Å². The summed E-state index contributed by atoms with van der Waals surface area (Å²) >= 11 is 11.9. The molecule has 0 atom stereocenters. The fourth-order valence-electron chi connectivity index (χ4n) is 2.66. The van der Waals surface area contributed by atoms with Crippen molar-refractivity contribution in [3.05, 3.63) is 97.5 Å². The Bertz CT molecular complexity index is 1180. The number of benzene rings is 3. The first kappa shape index (κ1) is 23.1. The third-order valence-corrected chi connectivity index (χ3v) is 5.00. The van der Waals surface area contributed by atoms with Crippen molar-refractivity contribution in [2.24, 2.45) is 5.10 Å². The van der Waals surface area contributed by atoms with Crippen LogP contribution in [0.15, 0.2) is 65.8 Å². The molecule has 0 aliphatic heterocycles. The fraction of sp³-hybridized carbons (Fsp3) is 0.0909. The van der Waals surface area contributed by atoms with Crippen molar-refractivity contribution in [3.63, 3.8) is 0 Å². The van der Waals surface area contributed by atoms with Crippen molar-refractivity contribution in [1.82, 2.24) is 5.43 Å². The zero-order valence-electron chi connectivity index (χ0n) is 16.7. The smallest absolute Gasteiger partial charge is 0.271 e. The van der Waals surface area contributed by atoms with E-state index in [1.807, 2.05) is 6.07 Å². The molecular weight excluding hydrogens is 457 g/mol. The number of nitrogens with zero attached hydrogens (tertiary/aromatic N) is 2. The molecule has 0 saturated carbocycles. The van der Waals surface area contributed by atoms with Gasteiger partial charge in [0.05, 0.1) is 28.3 Å². The number of non-ortho nitro benzene ring substituents is 1. The SMILES string of the molecule is COc1cc(/C=N\NC(=O)c2cccc([N+](=O)[O-])c2)ccc1OCc1ccc(Cl)c(Cl)c1. The zero-order chi connectivity index (χ0) is 23.1. The highest BCUT2D eigenvalue weighted by atomic mass is 35.5. The van der Waals surface area contributed by atoms with Gasteiger partial charge in [-0.25, -0.2) is 5.43 Å². The van der Waals surface area contributed by atoms with Gasteiger partial charge in [0.15, 0.2) is 11.5 Å². The number of amides is 1. The lowest BCUT2D eigenvalue weighted by atomic mass is 10.2. The predicted octanol–water partition coefficient (Wildman–Crippen LogP) is 5.25. The molecule has 0 bridgehead atoms. The number of ether oxygens (including phenoxy) is 2. The Balaban J connectivity index is 1.64. The van der Waals surface area contributed by atoms with E-state index in [1.54, 1.807) is 30.3 Å². The molecule has 3 aromatic rings. The topological polar surface area (TPSA) is 103 Å². The molecule has 3 rings (SSSR count). The summed E-state index contributed by atoms with van der Waals surface area (Å²) < 4.78 is 11.2. The molecule has 1 N–H and O–H groups in total. The molecule has 164 valence electrons. The summed E-state index contributed by atoms with van der Waals surface area (Å²) in [6.07, 6.45) is 1.42. The monoisotopic (exact) mass is 473 g/mol. The van der Waals surface area contributed by atoms with E-state index in [9.17, 15) is 14.9 Å². The number of nitro benzene ring substituents is 1. The van der Waals surface area contributed by atoms with E-state index in [2.05, 4.69) is 10.5 Å².